The number of aliphatic carboxylic acids is 1. The van der Waals surface area contributed by atoms with E-state index in [0.717, 1.165) is 24.3 Å². The molecule has 6 nitrogen and oxygen atoms in total. The number of carbonyl (C=O) groups is 1. The minimum absolute atomic E-state index is 0.0734. The van der Waals surface area contributed by atoms with Gasteiger partial charge in [0, 0.05) is 5.69 Å². The summed E-state index contributed by atoms with van der Waals surface area (Å²) >= 11 is 0. The predicted molar refractivity (Wildman–Crippen MR) is 58.2 cm³/mol. The van der Waals surface area contributed by atoms with Gasteiger partial charge in [0.15, 0.2) is 5.75 Å². The Kier molecular flexibility index (Phi) is 4.24. The van der Waals surface area contributed by atoms with Crippen molar-refractivity contribution in [1.29, 1.82) is 0 Å². The summed E-state index contributed by atoms with van der Waals surface area (Å²) in [5.74, 6) is -3.22. The van der Waals surface area contributed by atoms with Crippen LogP contribution in [-0.4, -0.2) is 31.6 Å². The van der Waals surface area contributed by atoms with Gasteiger partial charge in [-0.15, -0.1) is 13.2 Å². The van der Waals surface area contributed by atoms with Crippen LogP contribution in [0.2, 0.25) is 0 Å². The van der Waals surface area contributed by atoms with E-state index in [0.29, 0.717) is 0 Å². The van der Waals surface area contributed by atoms with E-state index in [2.05, 4.69) is 4.74 Å². The molecule has 0 radical (unpaired) electrons. The van der Waals surface area contributed by atoms with E-state index in [1.54, 1.807) is 0 Å². The van der Waals surface area contributed by atoms with Gasteiger partial charge >= 0.3 is 12.3 Å². The zero-order valence-corrected chi connectivity index (χ0v) is 9.96. The largest absolute Gasteiger partial charge is 0.573 e. The number of carboxylic acid groups (broad SMARTS) is 1. The number of halogens is 3. The number of carboxylic acids is 1. The third-order valence-corrected chi connectivity index (χ3v) is 2.85. The maximum Gasteiger partial charge on any atom is 0.573 e. The van der Waals surface area contributed by atoms with Crippen molar-refractivity contribution in [3.63, 3.8) is 0 Å². The molecule has 0 saturated carbocycles. The predicted octanol–water partition coefficient (Wildman–Crippen LogP) is 1.41. The van der Waals surface area contributed by atoms with E-state index in [1.807, 2.05) is 4.72 Å². The number of ether oxygens (including phenoxy) is 1. The second kappa shape index (κ2) is 5.34. The number of rotatable bonds is 5. The summed E-state index contributed by atoms with van der Waals surface area (Å²) in [6, 6.07) is 3.82. The number of anilines is 1. The molecule has 0 aliphatic carbocycles. The molecule has 1 aromatic rings. The molecule has 0 bridgehead atoms. The SMILES string of the molecule is O=C(O)CS(=O)(=O)Nc1ccc(OC(F)(F)F)cc1. The lowest BCUT2D eigenvalue weighted by Gasteiger charge is -2.10. The van der Waals surface area contributed by atoms with Crippen molar-refractivity contribution >= 4 is 21.7 Å². The second-order valence-corrected chi connectivity index (χ2v) is 5.05. The monoisotopic (exact) mass is 299 g/mol. The molecule has 0 spiro atoms. The molecule has 1 aromatic carbocycles. The molecule has 2 N–H and O–H groups in total. The van der Waals surface area contributed by atoms with Crippen LogP contribution in [0.3, 0.4) is 0 Å². The van der Waals surface area contributed by atoms with Gasteiger partial charge in [-0.3, -0.25) is 9.52 Å². The molecule has 1 rings (SSSR count). The van der Waals surface area contributed by atoms with E-state index in [9.17, 15) is 26.4 Å². The third kappa shape index (κ3) is 5.95. The Hall–Kier alpha value is -1.97. The summed E-state index contributed by atoms with van der Waals surface area (Å²) < 4.78 is 63.5. The van der Waals surface area contributed by atoms with E-state index in [1.165, 1.54) is 0 Å². The van der Waals surface area contributed by atoms with Crippen molar-refractivity contribution in [3.8, 4) is 5.75 Å². The Labute approximate surface area is 105 Å². The lowest BCUT2D eigenvalue weighted by Crippen LogP contribution is -2.22. The highest BCUT2D eigenvalue weighted by atomic mass is 32.2. The smallest absolute Gasteiger partial charge is 0.480 e. The van der Waals surface area contributed by atoms with Crippen LogP contribution in [0.25, 0.3) is 0 Å². The van der Waals surface area contributed by atoms with Gasteiger partial charge in [-0.05, 0) is 24.3 Å². The highest BCUT2D eigenvalue weighted by Gasteiger charge is 2.31. The fourth-order valence-corrected chi connectivity index (χ4v) is 2.00. The van der Waals surface area contributed by atoms with Gasteiger partial charge in [-0.1, -0.05) is 0 Å². The first kappa shape index (κ1) is 15.1. The van der Waals surface area contributed by atoms with Crippen LogP contribution in [0.15, 0.2) is 24.3 Å². The number of sulfonamides is 1. The number of hydrogen-bond donors (Lipinski definition) is 2. The van der Waals surface area contributed by atoms with Gasteiger partial charge in [-0.2, -0.15) is 0 Å². The molecule has 0 aliphatic rings. The van der Waals surface area contributed by atoms with Crippen LogP contribution in [0.4, 0.5) is 18.9 Å². The number of nitrogens with one attached hydrogen (secondary N) is 1. The van der Waals surface area contributed by atoms with Crippen molar-refractivity contribution in [2.75, 3.05) is 10.5 Å². The molecule has 106 valence electrons. The molecule has 0 amide bonds. The highest BCUT2D eigenvalue weighted by Crippen LogP contribution is 2.24. The minimum Gasteiger partial charge on any atom is -0.480 e. The molecule has 0 unspecified atom stereocenters. The molecular formula is C9H8F3NO5S. The molecule has 0 saturated heterocycles. The van der Waals surface area contributed by atoms with Gasteiger partial charge in [0.25, 0.3) is 0 Å². The second-order valence-electron chi connectivity index (χ2n) is 3.33. The van der Waals surface area contributed by atoms with Gasteiger partial charge in [0.2, 0.25) is 10.0 Å². The number of alkyl halides is 3. The summed E-state index contributed by atoms with van der Waals surface area (Å²) in [6.07, 6.45) is -4.84. The van der Waals surface area contributed by atoms with Crippen molar-refractivity contribution in [3.05, 3.63) is 24.3 Å². The van der Waals surface area contributed by atoms with Crippen molar-refractivity contribution in [2.24, 2.45) is 0 Å². The normalized spacial score (nSPS) is 11.9. The summed E-state index contributed by atoms with van der Waals surface area (Å²) in [6.45, 7) is 0. The van der Waals surface area contributed by atoms with Gasteiger partial charge in [0.05, 0.1) is 0 Å². The van der Waals surface area contributed by atoms with Crippen LogP contribution in [0.5, 0.6) is 5.75 Å². The summed E-state index contributed by atoms with van der Waals surface area (Å²) in [7, 11) is -4.09. The average molecular weight is 299 g/mol. The van der Waals surface area contributed by atoms with Crippen LogP contribution in [-0.2, 0) is 14.8 Å². The summed E-state index contributed by atoms with van der Waals surface area (Å²) in [5.41, 5.74) is -0.0734. The fraction of sp³-hybridized carbons (Fsp3) is 0.222. The van der Waals surface area contributed by atoms with Crippen LogP contribution < -0.4 is 9.46 Å². The Morgan fingerprint density at radius 3 is 2.21 bits per heavy atom. The zero-order chi connectivity index (χ0) is 14.7. The standard InChI is InChI=1S/C9H8F3NO5S/c10-9(11,12)18-7-3-1-6(2-4-7)13-19(16,17)5-8(14)15/h1-4,13H,5H2,(H,14,15). The zero-order valence-electron chi connectivity index (χ0n) is 9.14. The van der Waals surface area contributed by atoms with Crippen LogP contribution >= 0.6 is 0 Å². The average Bonchev–Trinajstić information content (AvgIpc) is 2.16. The lowest BCUT2D eigenvalue weighted by atomic mass is 10.3. The molecule has 0 aromatic heterocycles. The maximum atomic E-state index is 11.9. The maximum absolute atomic E-state index is 11.9. The molecule has 10 heteroatoms. The van der Waals surface area contributed by atoms with Gasteiger partial charge in [0.1, 0.15) is 5.75 Å². The number of hydrogen-bond acceptors (Lipinski definition) is 4. The lowest BCUT2D eigenvalue weighted by molar-refractivity contribution is -0.274. The molecule has 0 aliphatic heterocycles. The van der Waals surface area contributed by atoms with E-state index in [4.69, 9.17) is 5.11 Å². The Balaban J connectivity index is 2.75. The van der Waals surface area contributed by atoms with E-state index < -0.39 is 33.9 Å². The molecule has 0 heterocycles. The van der Waals surface area contributed by atoms with Crippen LogP contribution in [0, 0.1) is 0 Å². The topological polar surface area (TPSA) is 92.7 Å². The Morgan fingerprint density at radius 2 is 1.79 bits per heavy atom. The summed E-state index contributed by atoms with van der Waals surface area (Å²) in [4.78, 5) is 10.3. The minimum atomic E-state index is -4.84. The molecule has 19 heavy (non-hydrogen) atoms. The quantitative estimate of drug-likeness (QED) is 0.857. The summed E-state index contributed by atoms with van der Waals surface area (Å²) in [5, 5.41) is 8.33. The molecular weight excluding hydrogens is 291 g/mol. The highest BCUT2D eigenvalue weighted by molar-refractivity contribution is 7.93. The van der Waals surface area contributed by atoms with E-state index in [-0.39, 0.29) is 5.69 Å². The fourth-order valence-electron chi connectivity index (χ4n) is 1.10. The number of benzene rings is 1. The first-order valence-corrected chi connectivity index (χ1v) is 6.31. The Bertz CT molecular complexity index is 552. The molecule has 0 fully saturated rings. The van der Waals surface area contributed by atoms with Crippen molar-refractivity contribution in [1.82, 2.24) is 0 Å². The first-order valence-electron chi connectivity index (χ1n) is 4.65. The van der Waals surface area contributed by atoms with E-state index >= 15 is 0 Å². The van der Waals surface area contributed by atoms with Gasteiger partial charge in [-0.25, -0.2) is 8.42 Å². The molecule has 0 atom stereocenters. The van der Waals surface area contributed by atoms with Crippen molar-refractivity contribution in [2.45, 2.75) is 6.36 Å². The third-order valence-electron chi connectivity index (χ3n) is 1.67. The first-order chi connectivity index (χ1) is 8.57. The van der Waals surface area contributed by atoms with Crippen molar-refractivity contribution < 1.29 is 36.2 Å². The van der Waals surface area contributed by atoms with Crippen LogP contribution in [0.1, 0.15) is 0 Å². The van der Waals surface area contributed by atoms with Gasteiger partial charge < -0.3 is 9.84 Å². The Morgan fingerprint density at radius 1 is 1.26 bits per heavy atom.